The number of guanidine groups is 1. The van der Waals surface area contributed by atoms with E-state index in [4.69, 9.17) is 9.73 Å². The highest BCUT2D eigenvalue weighted by Gasteiger charge is 2.21. The molecule has 1 unspecified atom stereocenters. The highest BCUT2D eigenvalue weighted by Crippen LogP contribution is 2.24. The van der Waals surface area contributed by atoms with Gasteiger partial charge < -0.3 is 24.8 Å². The molecular formula is C20H31N7O. The van der Waals surface area contributed by atoms with Crippen molar-refractivity contribution in [1.29, 1.82) is 0 Å². The number of rotatable bonds is 6. The zero-order valence-electron chi connectivity index (χ0n) is 17.3. The summed E-state index contributed by atoms with van der Waals surface area (Å²) in [5.41, 5.74) is 1.20. The van der Waals surface area contributed by atoms with E-state index in [0.717, 1.165) is 55.8 Å². The molecular weight excluding hydrogens is 354 g/mol. The van der Waals surface area contributed by atoms with Crippen LogP contribution in [0.2, 0.25) is 0 Å². The molecule has 1 aliphatic rings. The second kappa shape index (κ2) is 9.43. The van der Waals surface area contributed by atoms with Crippen LogP contribution < -0.4 is 20.3 Å². The Bertz CT molecular complexity index is 802. The molecule has 1 aromatic carbocycles. The maximum absolute atomic E-state index is 5.37. The van der Waals surface area contributed by atoms with E-state index in [2.05, 4.69) is 44.8 Å². The van der Waals surface area contributed by atoms with E-state index in [1.807, 2.05) is 30.7 Å². The Labute approximate surface area is 167 Å². The first-order valence-corrected chi connectivity index (χ1v) is 9.89. The quantitative estimate of drug-likeness (QED) is 0.584. The molecule has 1 aromatic heterocycles. The monoisotopic (exact) mass is 385 g/mol. The summed E-state index contributed by atoms with van der Waals surface area (Å²) in [6.07, 6.45) is 2.25. The van der Waals surface area contributed by atoms with E-state index in [0.29, 0.717) is 12.6 Å². The fraction of sp³-hybridized carbons (Fsp3) is 0.550. The third-order valence-electron chi connectivity index (χ3n) is 5.09. The number of hydrogen-bond acceptors (Lipinski definition) is 5. The van der Waals surface area contributed by atoms with Gasteiger partial charge in [-0.3, -0.25) is 0 Å². The zero-order valence-corrected chi connectivity index (χ0v) is 17.3. The molecule has 152 valence electrons. The second-order valence-electron chi connectivity index (χ2n) is 7.05. The number of aromatic nitrogens is 3. The summed E-state index contributed by atoms with van der Waals surface area (Å²) in [5, 5.41) is 15.2. The fourth-order valence-corrected chi connectivity index (χ4v) is 3.39. The highest BCUT2D eigenvalue weighted by atomic mass is 16.5. The molecule has 1 aliphatic heterocycles. The van der Waals surface area contributed by atoms with Gasteiger partial charge >= 0.3 is 0 Å². The average molecular weight is 386 g/mol. The first-order valence-electron chi connectivity index (χ1n) is 9.89. The maximum atomic E-state index is 5.37. The number of nitrogens with one attached hydrogen (secondary N) is 2. The van der Waals surface area contributed by atoms with E-state index < -0.39 is 0 Å². The minimum atomic E-state index is 0.332. The van der Waals surface area contributed by atoms with Crippen molar-refractivity contribution < 1.29 is 4.74 Å². The van der Waals surface area contributed by atoms with Crippen LogP contribution in [0.4, 0.5) is 5.69 Å². The Morgan fingerprint density at radius 3 is 2.93 bits per heavy atom. The van der Waals surface area contributed by atoms with Crippen LogP contribution in [-0.2, 0) is 13.6 Å². The molecule has 0 radical (unpaired) electrons. The van der Waals surface area contributed by atoms with E-state index >= 15 is 0 Å². The molecule has 3 rings (SSSR count). The molecule has 8 heteroatoms. The number of aryl methyl sites for hydroxylation is 1. The topological polar surface area (TPSA) is 79.6 Å². The van der Waals surface area contributed by atoms with Crippen LogP contribution >= 0.6 is 0 Å². The number of nitrogens with zero attached hydrogens (tertiary/aromatic N) is 5. The van der Waals surface area contributed by atoms with Crippen molar-refractivity contribution >= 4 is 11.6 Å². The molecule has 0 saturated carbocycles. The van der Waals surface area contributed by atoms with Gasteiger partial charge in [-0.2, -0.15) is 0 Å². The van der Waals surface area contributed by atoms with Crippen molar-refractivity contribution in [2.24, 2.45) is 12.0 Å². The lowest BCUT2D eigenvalue weighted by atomic mass is 10.0. The maximum Gasteiger partial charge on any atom is 0.191 e. The normalized spacial score (nSPS) is 17.5. The van der Waals surface area contributed by atoms with Gasteiger partial charge in [0.15, 0.2) is 11.8 Å². The van der Waals surface area contributed by atoms with Gasteiger partial charge in [-0.25, -0.2) is 4.99 Å². The van der Waals surface area contributed by atoms with Crippen molar-refractivity contribution in [1.82, 2.24) is 25.4 Å². The van der Waals surface area contributed by atoms with Gasteiger partial charge in [0, 0.05) is 44.5 Å². The minimum absolute atomic E-state index is 0.332. The highest BCUT2D eigenvalue weighted by molar-refractivity contribution is 5.80. The molecule has 28 heavy (non-hydrogen) atoms. The number of ether oxygens (including phenoxy) is 1. The summed E-state index contributed by atoms with van der Waals surface area (Å²) < 4.78 is 7.34. The molecule has 2 N–H and O–H groups in total. The lowest BCUT2D eigenvalue weighted by Gasteiger charge is -2.35. The third kappa shape index (κ3) is 4.94. The zero-order chi connectivity index (χ0) is 19.9. The van der Waals surface area contributed by atoms with Gasteiger partial charge in [-0.1, -0.05) is 6.07 Å². The first-order chi connectivity index (χ1) is 13.6. The van der Waals surface area contributed by atoms with Crippen molar-refractivity contribution in [2.75, 3.05) is 31.6 Å². The molecule has 1 saturated heterocycles. The number of benzene rings is 1. The van der Waals surface area contributed by atoms with Crippen LogP contribution in [0.3, 0.4) is 0 Å². The first kappa shape index (κ1) is 20.0. The van der Waals surface area contributed by atoms with E-state index in [1.54, 1.807) is 7.11 Å². The Balaban J connectivity index is 1.65. The van der Waals surface area contributed by atoms with Crippen LogP contribution in [0.5, 0.6) is 5.75 Å². The Morgan fingerprint density at radius 1 is 1.36 bits per heavy atom. The van der Waals surface area contributed by atoms with Gasteiger partial charge in [0.05, 0.1) is 7.11 Å². The summed E-state index contributed by atoms with van der Waals surface area (Å²) in [6.45, 7) is 7.32. The third-order valence-corrected chi connectivity index (χ3v) is 5.09. The van der Waals surface area contributed by atoms with Crippen molar-refractivity contribution in [3.63, 3.8) is 0 Å². The number of methoxy groups -OCH3 is 1. The Kier molecular flexibility index (Phi) is 6.73. The van der Waals surface area contributed by atoms with Crippen molar-refractivity contribution in [3.05, 3.63) is 35.9 Å². The molecule has 0 bridgehead atoms. The molecule has 1 fully saturated rings. The molecule has 2 heterocycles. The fourth-order valence-electron chi connectivity index (χ4n) is 3.39. The Morgan fingerprint density at radius 2 is 2.21 bits per heavy atom. The van der Waals surface area contributed by atoms with Gasteiger partial charge in [-0.05, 0) is 38.8 Å². The van der Waals surface area contributed by atoms with Crippen LogP contribution in [0.25, 0.3) is 0 Å². The molecule has 0 aliphatic carbocycles. The lowest BCUT2D eigenvalue weighted by Crippen LogP contribution is -2.51. The molecule has 2 aromatic rings. The van der Waals surface area contributed by atoms with Crippen LogP contribution in [0.15, 0.2) is 29.3 Å². The minimum Gasteiger partial charge on any atom is -0.497 e. The number of hydrogen-bond donors (Lipinski definition) is 2. The van der Waals surface area contributed by atoms with Crippen LogP contribution in [0, 0.1) is 6.92 Å². The van der Waals surface area contributed by atoms with Crippen molar-refractivity contribution in [3.8, 4) is 5.75 Å². The standard InChI is InChI=1S/C20H31N7O/c1-5-21-20(22-13-19-25-24-15(2)26(19)3)23-16-8-7-11-27(14-16)17-9-6-10-18(12-17)28-4/h6,9-10,12,16H,5,7-8,11,13-14H2,1-4H3,(H2,21,22,23). The summed E-state index contributed by atoms with van der Waals surface area (Å²) >= 11 is 0. The smallest absolute Gasteiger partial charge is 0.191 e. The molecule has 0 amide bonds. The van der Waals surface area contributed by atoms with E-state index in [9.17, 15) is 0 Å². The second-order valence-corrected chi connectivity index (χ2v) is 7.05. The summed E-state index contributed by atoms with van der Waals surface area (Å²) in [6, 6.07) is 8.59. The van der Waals surface area contributed by atoms with E-state index in [1.165, 1.54) is 5.69 Å². The number of piperidine rings is 1. The number of aliphatic imine (C=N–C) groups is 1. The number of anilines is 1. The van der Waals surface area contributed by atoms with Gasteiger partial charge in [0.2, 0.25) is 0 Å². The SMILES string of the molecule is CCNC(=NCc1nnc(C)n1C)NC1CCCN(c2cccc(OC)c2)C1. The largest absolute Gasteiger partial charge is 0.497 e. The summed E-state index contributed by atoms with van der Waals surface area (Å²) in [4.78, 5) is 7.11. The predicted octanol–water partition coefficient (Wildman–Crippen LogP) is 1.86. The van der Waals surface area contributed by atoms with Gasteiger partial charge in [-0.15, -0.1) is 10.2 Å². The predicted molar refractivity (Wildman–Crippen MR) is 112 cm³/mol. The summed E-state index contributed by atoms with van der Waals surface area (Å²) in [7, 11) is 3.67. The van der Waals surface area contributed by atoms with Crippen LogP contribution in [0.1, 0.15) is 31.4 Å². The molecule has 0 spiro atoms. The summed E-state index contributed by atoms with van der Waals surface area (Å²) in [5.74, 6) is 3.46. The molecule has 8 nitrogen and oxygen atoms in total. The van der Waals surface area contributed by atoms with Crippen molar-refractivity contribution in [2.45, 2.75) is 39.3 Å². The van der Waals surface area contributed by atoms with Gasteiger partial charge in [0.1, 0.15) is 18.1 Å². The Hall–Kier alpha value is -2.77. The molecule has 1 atom stereocenters. The average Bonchev–Trinajstić information content (AvgIpc) is 3.04. The van der Waals surface area contributed by atoms with Gasteiger partial charge in [0.25, 0.3) is 0 Å². The lowest BCUT2D eigenvalue weighted by molar-refractivity contribution is 0.414. The van der Waals surface area contributed by atoms with E-state index in [-0.39, 0.29) is 0 Å². The van der Waals surface area contributed by atoms with Crippen LogP contribution in [-0.4, -0.2) is 53.5 Å².